The van der Waals surface area contributed by atoms with E-state index >= 15 is 0 Å². The zero-order valence-corrected chi connectivity index (χ0v) is 11.8. The predicted octanol–water partition coefficient (Wildman–Crippen LogP) is -0.532. The van der Waals surface area contributed by atoms with Crippen LogP contribution >= 0.6 is 0 Å². The van der Waals surface area contributed by atoms with Crippen molar-refractivity contribution in [1.82, 2.24) is 0 Å². The van der Waals surface area contributed by atoms with Crippen LogP contribution in [0.5, 0.6) is 0 Å². The van der Waals surface area contributed by atoms with E-state index in [-0.39, 0.29) is 0 Å². The largest absolute Gasteiger partial charge is 0.462 e. The van der Waals surface area contributed by atoms with Gasteiger partial charge in [0.05, 0.1) is 0 Å². The molecule has 1 fully saturated rings. The van der Waals surface area contributed by atoms with Gasteiger partial charge >= 0.3 is 17.9 Å². The molecule has 1 saturated heterocycles. The zero-order chi connectivity index (χ0) is 16.2. The Morgan fingerprint density at radius 3 is 2.29 bits per heavy atom. The predicted molar refractivity (Wildman–Crippen MR) is 63.5 cm³/mol. The second-order valence-corrected chi connectivity index (χ2v) is 4.46. The van der Waals surface area contributed by atoms with Gasteiger partial charge in [0.15, 0.2) is 24.7 Å². The monoisotopic (exact) mass is 308 g/mol. The molecule has 1 aliphatic heterocycles. The molecule has 120 valence electrons. The molecule has 5 atom stereocenters. The van der Waals surface area contributed by atoms with Crippen LogP contribution in [0.25, 0.3) is 0 Å². The molecule has 0 aliphatic carbocycles. The maximum absolute atomic E-state index is 14.2. The van der Waals surface area contributed by atoms with Crippen molar-refractivity contribution >= 4 is 17.9 Å². The number of aliphatic hydroxyl groups excluding tert-OH is 1. The van der Waals surface area contributed by atoms with Crippen molar-refractivity contribution in [3.63, 3.8) is 0 Å². The van der Waals surface area contributed by atoms with Crippen molar-refractivity contribution in [1.29, 1.82) is 0 Å². The van der Waals surface area contributed by atoms with Crippen molar-refractivity contribution in [3.05, 3.63) is 0 Å². The lowest BCUT2D eigenvalue weighted by molar-refractivity contribution is -0.184. The van der Waals surface area contributed by atoms with Crippen LogP contribution in [0.1, 0.15) is 20.8 Å². The van der Waals surface area contributed by atoms with E-state index in [0.717, 1.165) is 20.8 Å². The number of esters is 3. The first kappa shape index (κ1) is 17.3. The van der Waals surface area contributed by atoms with Gasteiger partial charge < -0.3 is 24.1 Å². The van der Waals surface area contributed by atoms with Crippen LogP contribution in [0.4, 0.5) is 4.39 Å². The average Bonchev–Trinajstić information content (AvgIpc) is 2.61. The Hall–Kier alpha value is -1.74. The van der Waals surface area contributed by atoms with Crippen LogP contribution in [0, 0.1) is 0 Å². The summed E-state index contributed by atoms with van der Waals surface area (Å²) >= 11 is 0. The van der Waals surface area contributed by atoms with Crippen molar-refractivity contribution in [2.24, 2.45) is 0 Å². The number of hydrogen-bond donors (Lipinski definition) is 1. The maximum Gasteiger partial charge on any atom is 0.303 e. The topological polar surface area (TPSA) is 108 Å². The molecule has 1 N–H and O–H groups in total. The molecule has 1 rings (SSSR count). The van der Waals surface area contributed by atoms with Crippen molar-refractivity contribution in [2.45, 2.75) is 51.5 Å². The average molecular weight is 308 g/mol. The van der Waals surface area contributed by atoms with Gasteiger partial charge in [-0.2, -0.15) is 0 Å². The molecular formula is C12H17FO8. The summed E-state index contributed by atoms with van der Waals surface area (Å²) in [6.07, 6.45) is -7.87. The van der Waals surface area contributed by atoms with Gasteiger partial charge in [-0.15, -0.1) is 0 Å². The van der Waals surface area contributed by atoms with E-state index in [9.17, 15) is 23.9 Å². The number of rotatable bonds is 5. The first-order valence-electron chi connectivity index (χ1n) is 6.17. The molecule has 0 spiro atoms. The minimum absolute atomic E-state index is 0.445. The summed E-state index contributed by atoms with van der Waals surface area (Å²) in [5.41, 5.74) is 0. The summed E-state index contributed by atoms with van der Waals surface area (Å²) in [5, 5.41) is 9.55. The Kier molecular flexibility index (Phi) is 6.03. The third kappa shape index (κ3) is 4.94. The number of carbonyl (C=O) groups is 3. The lowest BCUT2D eigenvalue weighted by Gasteiger charge is -2.23. The van der Waals surface area contributed by atoms with Gasteiger partial charge in [-0.05, 0) is 0 Å². The fourth-order valence-corrected chi connectivity index (χ4v) is 1.87. The third-order valence-electron chi connectivity index (χ3n) is 2.64. The standard InChI is InChI=1S/C12H17FO8/c1-5(14)18-4-8(19-6(2)15)10-9(13)11(12(17)21-10)20-7(3)16/h8-12,17H,4H2,1-3H3/t8-,9+,10+,11-,12+/m1/s1. The van der Waals surface area contributed by atoms with E-state index in [4.69, 9.17) is 9.47 Å². The van der Waals surface area contributed by atoms with E-state index in [2.05, 4.69) is 9.47 Å². The lowest BCUT2D eigenvalue weighted by atomic mass is 10.1. The molecule has 1 heterocycles. The second-order valence-electron chi connectivity index (χ2n) is 4.46. The summed E-state index contributed by atoms with van der Waals surface area (Å²) in [6.45, 7) is 2.82. The SMILES string of the molecule is CC(=O)OC[C@@H](OC(C)=O)[C@@H]1O[C@H](O)[C@H](OC(C)=O)[C@H]1F. The van der Waals surface area contributed by atoms with Crippen LogP contribution in [0.3, 0.4) is 0 Å². The highest BCUT2D eigenvalue weighted by Crippen LogP contribution is 2.29. The molecule has 0 unspecified atom stereocenters. The van der Waals surface area contributed by atoms with E-state index < -0.39 is 55.3 Å². The number of carbonyl (C=O) groups excluding carboxylic acids is 3. The summed E-state index contributed by atoms with van der Waals surface area (Å²) in [5.74, 6) is -2.19. The Morgan fingerprint density at radius 1 is 1.19 bits per heavy atom. The van der Waals surface area contributed by atoms with Crippen molar-refractivity contribution in [2.75, 3.05) is 6.61 Å². The summed E-state index contributed by atoms with van der Waals surface area (Å²) in [4.78, 5) is 32.7. The fourth-order valence-electron chi connectivity index (χ4n) is 1.87. The van der Waals surface area contributed by atoms with Crippen molar-refractivity contribution < 1.29 is 42.8 Å². The zero-order valence-electron chi connectivity index (χ0n) is 11.8. The Bertz CT molecular complexity index is 412. The molecule has 9 heteroatoms. The molecule has 1 aliphatic rings. The van der Waals surface area contributed by atoms with Gasteiger partial charge in [0.2, 0.25) is 0 Å². The number of ether oxygens (including phenoxy) is 4. The first-order valence-corrected chi connectivity index (χ1v) is 6.17. The normalized spacial score (nSPS) is 29.6. The molecule has 0 saturated carbocycles. The minimum Gasteiger partial charge on any atom is -0.462 e. The summed E-state index contributed by atoms with van der Waals surface area (Å²) in [6, 6.07) is 0. The number of alkyl halides is 1. The lowest BCUT2D eigenvalue weighted by Crippen LogP contribution is -2.42. The Morgan fingerprint density at radius 2 is 1.81 bits per heavy atom. The Labute approximate surface area is 120 Å². The van der Waals surface area contributed by atoms with Crippen LogP contribution in [-0.4, -0.2) is 60.4 Å². The van der Waals surface area contributed by atoms with Gasteiger partial charge in [0.25, 0.3) is 0 Å². The first-order chi connectivity index (χ1) is 9.72. The molecule has 0 radical (unpaired) electrons. The summed E-state index contributed by atoms with van der Waals surface area (Å²) in [7, 11) is 0. The molecule has 0 amide bonds. The molecular weight excluding hydrogens is 291 g/mol. The molecule has 0 aromatic rings. The molecule has 0 aromatic carbocycles. The van der Waals surface area contributed by atoms with E-state index in [1.807, 2.05) is 0 Å². The number of aliphatic hydroxyl groups is 1. The third-order valence-corrected chi connectivity index (χ3v) is 2.64. The quantitative estimate of drug-likeness (QED) is 0.533. The van der Waals surface area contributed by atoms with Gasteiger partial charge in [-0.25, -0.2) is 4.39 Å². The highest BCUT2D eigenvalue weighted by Gasteiger charge is 2.51. The smallest absolute Gasteiger partial charge is 0.303 e. The van der Waals surface area contributed by atoms with Gasteiger partial charge in [0, 0.05) is 20.8 Å². The van der Waals surface area contributed by atoms with E-state index in [1.165, 1.54) is 0 Å². The van der Waals surface area contributed by atoms with Crippen LogP contribution in [0.2, 0.25) is 0 Å². The van der Waals surface area contributed by atoms with Crippen LogP contribution in [-0.2, 0) is 33.3 Å². The van der Waals surface area contributed by atoms with Gasteiger partial charge in [-0.3, -0.25) is 14.4 Å². The van der Waals surface area contributed by atoms with Gasteiger partial charge in [-0.1, -0.05) is 0 Å². The Balaban J connectivity index is 2.79. The molecule has 0 bridgehead atoms. The van der Waals surface area contributed by atoms with E-state index in [1.54, 1.807) is 0 Å². The second kappa shape index (κ2) is 7.32. The highest BCUT2D eigenvalue weighted by molar-refractivity contribution is 5.67. The number of halogens is 1. The van der Waals surface area contributed by atoms with E-state index in [0.29, 0.717) is 0 Å². The molecule has 0 aromatic heterocycles. The number of hydrogen-bond acceptors (Lipinski definition) is 8. The molecule has 21 heavy (non-hydrogen) atoms. The highest BCUT2D eigenvalue weighted by atomic mass is 19.1. The molecule has 8 nitrogen and oxygen atoms in total. The van der Waals surface area contributed by atoms with Crippen LogP contribution in [0.15, 0.2) is 0 Å². The van der Waals surface area contributed by atoms with Crippen molar-refractivity contribution in [3.8, 4) is 0 Å². The minimum atomic E-state index is -1.94. The maximum atomic E-state index is 14.2. The summed E-state index contributed by atoms with van der Waals surface area (Å²) < 4.78 is 33.2. The van der Waals surface area contributed by atoms with Crippen LogP contribution < -0.4 is 0 Å². The fraction of sp³-hybridized carbons (Fsp3) is 0.750. The van der Waals surface area contributed by atoms with Gasteiger partial charge in [0.1, 0.15) is 12.7 Å².